The Labute approximate surface area is 127 Å². The number of carbonyl (C=O) groups excluding carboxylic acids is 1. The predicted molar refractivity (Wildman–Crippen MR) is 86.0 cm³/mol. The van der Waals surface area contributed by atoms with Gasteiger partial charge in [0.25, 0.3) is 0 Å². The molecule has 116 valence electrons. The van der Waals surface area contributed by atoms with Crippen LogP contribution in [0.2, 0.25) is 0 Å². The highest BCUT2D eigenvalue weighted by atomic mass is 16.5. The van der Waals surface area contributed by atoms with Crippen LogP contribution in [0.3, 0.4) is 0 Å². The molecule has 2 N–H and O–H groups in total. The molecule has 0 aliphatic carbocycles. The van der Waals surface area contributed by atoms with Crippen molar-refractivity contribution in [2.24, 2.45) is 11.7 Å². The highest BCUT2D eigenvalue weighted by molar-refractivity contribution is 5.81. The maximum Gasteiger partial charge on any atom is 0.239 e. The fourth-order valence-corrected chi connectivity index (χ4v) is 1.95. The molecule has 1 rings (SSSR count). The number of hydrogen-bond donors (Lipinski definition) is 1. The molecule has 4 heteroatoms. The zero-order valence-electron chi connectivity index (χ0n) is 13.2. The average Bonchev–Trinajstić information content (AvgIpc) is 2.51. The van der Waals surface area contributed by atoms with Gasteiger partial charge in [-0.15, -0.1) is 0 Å². The summed E-state index contributed by atoms with van der Waals surface area (Å²) in [5.41, 5.74) is 7.03. The third-order valence-electron chi connectivity index (χ3n) is 3.63. The Morgan fingerprint density at radius 2 is 2.05 bits per heavy atom. The molecule has 0 aromatic heterocycles. The van der Waals surface area contributed by atoms with E-state index in [1.165, 1.54) is 0 Å². The minimum atomic E-state index is -0.435. The van der Waals surface area contributed by atoms with Gasteiger partial charge in [-0.1, -0.05) is 45.1 Å². The van der Waals surface area contributed by atoms with Crippen LogP contribution in [-0.2, 0) is 11.3 Å². The number of nitrogens with two attached hydrogens (primary N) is 1. The number of nitrogens with zero attached hydrogens (tertiary/aromatic N) is 1. The summed E-state index contributed by atoms with van der Waals surface area (Å²) < 4.78 is 5.43. The third-order valence-corrected chi connectivity index (χ3v) is 3.63. The van der Waals surface area contributed by atoms with E-state index < -0.39 is 6.04 Å². The van der Waals surface area contributed by atoms with Gasteiger partial charge < -0.3 is 15.4 Å². The SMILES string of the molecule is C=CCOc1ccc(CN(C)C(=O)C(N)C(C)CC)cc1. The topological polar surface area (TPSA) is 55.6 Å². The summed E-state index contributed by atoms with van der Waals surface area (Å²) in [6, 6.07) is 7.26. The van der Waals surface area contributed by atoms with E-state index >= 15 is 0 Å². The molecule has 2 atom stereocenters. The Morgan fingerprint density at radius 1 is 1.43 bits per heavy atom. The van der Waals surface area contributed by atoms with Crippen molar-refractivity contribution < 1.29 is 9.53 Å². The molecule has 0 aliphatic rings. The lowest BCUT2D eigenvalue weighted by atomic mass is 9.99. The van der Waals surface area contributed by atoms with Gasteiger partial charge >= 0.3 is 0 Å². The Balaban J connectivity index is 2.59. The fraction of sp³-hybridized carbons (Fsp3) is 0.471. The standard InChI is InChI=1S/C17H26N2O2/c1-5-11-21-15-9-7-14(8-10-15)12-19(4)17(20)16(18)13(3)6-2/h5,7-10,13,16H,1,6,11-12,18H2,2-4H3. The molecule has 0 spiro atoms. The van der Waals surface area contributed by atoms with Crippen LogP contribution in [0, 0.1) is 5.92 Å². The summed E-state index contributed by atoms with van der Waals surface area (Å²) in [6.07, 6.45) is 2.60. The maximum absolute atomic E-state index is 12.2. The second kappa shape index (κ2) is 8.47. The van der Waals surface area contributed by atoms with Crippen molar-refractivity contribution in [2.75, 3.05) is 13.7 Å². The molecule has 1 aromatic carbocycles. The molecule has 4 nitrogen and oxygen atoms in total. The molecule has 0 radical (unpaired) electrons. The van der Waals surface area contributed by atoms with Crippen LogP contribution >= 0.6 is 0 Å². The van der Waals surface area contributed by atoms with Gasteiger partial charge in [0.1, 0.15) is 12.4 Å². The first-order valence-corrected chi connectivity index (χ1v) is 7.32. The Morgan fingerprint density at radius 3 is 2.57 bits per heavy atom. The molecule has 21 heavy (non-hydrogen) atoms. The lowest BCUT2D eigenvalue weighted by Crippen LogP contribution is -2.45. The highest BCUT2D eigenvalue weighted by Gasteiger charge is 2.22. The van der Waals surface area contributed by atoms with Crippen LogP contribution < -0.4 is 10.5 Å². The van der Waals surface area contributed by atoms with Crippen molar-refractivity contribution in [2.45, 2.75) is 32.9 Å². The first-order valence-electron chi connectivity index (χ1n) is 7.32. The number of benzene rings is 1. The Bertz CT molecular complexity index is 456. The van der Waals surface area contributed by atoms with Crippen molar-refractivity contribution in [3.63, 3.8) is 0 Å². The van der Waals surface area contributed by atoms with E-state index in [0.29, 0.717) is 13.2 Å². The van der Waals surface area contributed by atoms with Gasteiger partial charge in [0.2, 0.25) is 5.91 Å². The van der Waals surface area contributed by atoms with Crippen LogP contribution in [0.4, 0.5) is 0 Å². The number of carbonyl (C=O) groups is 1. The second-order valence-electron chi connectivity index (χ2n) is 5.35. The molecule has 0 saturated heterocycles. The van der Waals surface area contributed by atoms with Gasteiger partial charge in [-0.2, -0.15) is 0 Å². The minimum Gasteiger partial charge on any atom is -0.490 e. The summed E-state index contributed by atoms with van der Waals surface area (Å²) in [6.45, 7) is 8.69. The number of amides is 1. The van der Waals surface area contributed by atoms with E-state index in [0.717, 1.165) is 17.7 Å². The largest absolute Gasteiger partial charge is 0.490 e. The first kappa shape index (κ1) is 17.2. The quantitative estimate of drug-likeness (QED) is 0.749. The normalized spacial score (nSPS) is 13.3. The summed E-state index contributed by atoms with van der Waals surface area (Å²) in [4.78, 5) is 13.9. The smallest absolute Gasteiger partial charge is 0.239 e. The molecule has 0 aliphatic heterocycles. The minimum absolute atomic E-state index is 0.0173. The van der Waals surface area contributed by atoms with E-state index in [9.17, 15) is 4.79 Å². The predicted octanol–water partition coefficient (Wildman–Crippen LogP) is 2.58. The zero-order chi connectivity index (χ0) is 15.8. The number of likely N-dealkylation sites (N-methyl/N-ethyl adjacent to an activating group) is 1. The summed E-state index contributed by atoms with van der Waals surface area (Å²) in [7, 11) is 1.78. The molecule has 2 unspecified atom stereocenters. The third kappa shape index (κ3) is 5.23. The van der Waals surface area contributed by atoms with Crippen LogP contribution in [-0.4, -0.2) is 30.5 Å². The van der Waals surface area contributed by atoms with Gasteiger partial charge in [-0.3, -0.25) is 4.79 Å². The van der Waals surface area contributed by atoms with Crippen molar-refractivity contribution in [1.29, 1.82) is 0 Å². The number of ether oxygens (including phenoxy) is 1. The molecule has 1 amide bonds. The molecule has 1 aromatic rings. The van der Waals surface area contributed by atoms with Gasteiger partial charge in [-0.05, 0) is 23.6 Å². The summed E-state index contributed by atoms with van der Waals surface area (Å²) in [5, 5.41) is 0. The maximum atomic E-state index is 12.2. The zero-order valence-corrected chi connectivity index (χ0v) is 13.2. The van der Waals surface area contributed by atoms with E-state index in [1.54, 1.807) is 18.0 Å². The first-order chi connectivity index (χ1) is 9.99. The average molecular weight is 290 g/mol. The van der Waals surface area contributed by atoms with Crippen molar-refractivity contribution in [3.05, 3.63) is 42.5 Å². The lowest BCUT2D eigenvalue weighted by molar-refractivity contribution is -0.132. The van der Waals surface area contributed by atoms with E-state index in [2.05, 4.69) is 6.58 Å². The van der Waals surface area contributed by atoms with Crippen molar-refractivity contribution >= 4 is 5.91 Å². The van der Waals surface area contributed by atoms with Crippen LogP contribution in [0.1, 0.15) is 25.8 Å². The number of rotatable bonds is 8. The van der Waals surface area contributed by atoms with Crippen molar-refractivity contribution in [1.82, 2.24) is 4.90 Å². The fourth-order valence-electron chi connectivity index (χ4n) is 1.95. The molecule has 0 heterocycles. The van der Waals surface area contributed by atoms with Crippen LogP contribution in [0.15, 0.2) is 36.9 Å². The molecular weight excluding hydrogens is 264 g/mol. The second-order valence-corrected chi connectivity index (χ2v) is 5.35. The van der Waals surface area contributed by atoms with E-state index in [1.807, 2.05) is 38.1 Å². The van der Waals surface area contributed by atoms with Crippen LogP contribution in [0.25, 0.3) is 0 Å². The Kier molecular flexibility index (Phi) is 6.96. The van der Waals surface area contributed by atoms with Gasteiger partial charge in [-0.25, -0.2) is 0 Å². The molecule has 0 fully saturated rings. The van der Waals surface area contributed by atoms with Crippen molar-refractivity contribution in [3.8, 4) is 5.75 Å². The highest BCUT2D eigenvalue weighted by Crippen LogP contribution is 2.14. The monoisotopic (exact) mass is 290 g/mol. The summed E-state index contributed by atoms with van der Waals surface area (Å²) >= 11 is 0. The Hall–Kier alpha value is -1.81. The van der Waals surface area contributed by atoms with E-state index in [-0.39, 0.29) is 11.8 Å². The lowest BCUT2D eigenvalue weighted by Gasteiger charge is -2.24. The molecular formula is C17H26N2O2. The number of hydrogen-bond acceptors (Lipinski definition) is 3. The van der Waals surface area contributed by atoms with E-state index in [4.69, 9.17) is 10.5 Å². The van der Waals surface area contributed by atoms with Gasteiger partial charge in [0.15, 0.2) is 0 Å². The van der Waals surface area contributed by atoms with Gasteiger partial charge in [0, 0.05) is 13.6 Å². The van der Waals surface area contributed by atoms with Crippen LogP contribution in [0.5, 0.6) is 5.75 Å². The molecule has 0 bridgehead atoms. The molecule has 0 saturated carbocycles. The van der Waals surface area contributed by atoms with Gasteiger partial charge in [0.05, 0.1) is 6.04 Å². The summed E-state index contributed by atoms with van der Waals surface area (Å²) in [5.74, 6) is 0.967.